The van der Waals surface area contributed by atoms with E-state index in [1.807, 2.05) is 6.26 Å². The van der Waals surface area contributed by atoms with Crippen LogP contribution in [0.4, 0.5) is 0 Å². The first-order valence-corrected chi connectivity index (χ1v) is 8.26. The van der Waals surface area contributed by atoms with Crippen LogP contribution in [0.15, 0.2) is 12.3 Å². The monoisotopic (exact) mass is 226 g/mol. The standard InChI is InChI=1S/C11H22O.C2H5.Al.H/c1-2-3-4-5-6-7-8-9-10-11-12;1-2;;/h10-12H,2-9H2,1H3;1H2,2H3;;/q;;+1;/p-1. The molecule has 2 heteroatoms. The van der Waals surface area contributed by atoms with Crippen LogP contribution in [0.25, 0.3) is 0 Å². The minimum atomic E-state index is -0.219. The Hall–Kier alpha value is 0.0725. The predicted octanol–water partition coefficient (Wildman–Crippen LogP) is 4.45. The molecule has 0 aromatic rings. The van der Waals surface area contributed by atoms with Crippen LogP contribution >= 0.6 is 0 Å². The molecule has 0 aliphatic carbocycles. The molecule has 0 aliphatic rings. The maximum absolute atomic E-state index is 5.40. The van der Waals surface area contributed by atoms with Crippen LogP contribution < -0.4 is 0 Å². The minimum Gasteiger partial charge on any atom is -0.651 e. The van der Waals surface area contributed by atoms with E-state index in [-0.39, 0.29) is 15.6 Å². The zero-order chi connectivity index (χ0) is 11.2. The van der Waals surface area contributed by atoms with Crippen molar-refractivity contribution in [3.8, 4) is 0 Å². The zero-order valence-corrected chi connectivity index (χ0v) is 12.0. The summed E-state index contributed by atoms with van der Waals surface area (Å²) in [5, 5.41) is 1.24. The first-order chi connectivity index (χ1) is 7.41. The molecule has 0 rings (SSSR count). The van der Waals surface area contributed by atoms with Gasteiger partial charge >= 0.3 is 15.6 Å². The topological polar surface area (TPSA) is 9.23 Å². The van der Waals surface area contributed by atoms with Crippen molar-refractivity contribution in [1.82, 2.24) is 0 Å². The minimum absolute atomic E-state index is 0.219. The molecular formula is C13H27AlO. The highest BCUT2D eigenvalue weighted by Gasteiger charge is 1.89. The molecule has 0 bridgehead atoms. The van der Waals surface area contributed by atoms with Crippen molar-refractivity contribution in [3.05, 3.63) is 12.3 Å². The molecular weight excluding hydrogens is 199 g/mol. The number of hydrogen-bond donors (Lipinski definition) is 0. The van der Waals surface area contributed by atoms with Crippen molar-refractivity contribution in [1.29, 1.82) is 0 Å². The highest BCUT2D eigenvalue weighted by molar-refractivity contribution is 6.27. The zero-order valence-electron chi connectivity index (χ0n) is 10.6. The fraction of sp³-hybridized carbons (Fsp3) is 0.846. The normalized spacial score (nSPS) is 10.8. The maximum atomic E-state index is 5.40. The van der Waals surface area contributed by atoms with Gasteiger partial charge in [-0.05, 0) is 12.8 Å². The Bertz CT molecular complexity index is 134. The Morgan fingerprint density at radius 1 is 0.933 bits per heavy atom. The van der Waals surface area contributed by atoms with Gasteiger partial charge in [-0.1, -0.05) is 63.7 Å². The predicted molar refractivity (Wildman–Crippen MR) is 70.5 cm³/mol. The van der Waals surface area contributed by atoms with Crippen LogP contribution in [0.3, 0.4) is 0 Å². The molecule has 88 valence electrons. The van der Waals surface area contributed by atoms with E-state index < -0.39 is 0 Å². The fourth-order valence-corrected chi connectivity index (χ4v) is 2.05. The van der Waals surface area contributed by atoms with E-state index >= 15 is 0 Å². The van der Waals surface area contributed by atoms with Gasteiger partial charge in [-0.15, -0.1) is 0 Å². The van der Waals surface area contributed by atoms with Gasteiger partial charge < -0.3 is 3.79 Å². The van der Waals surface area contributed by atoms with E-state index in [9.17, 15) is 0 Å². The molecule has 15 heavy (non-hydrogen) atoms. The highest BCUT2D eigenvalue weighted by atomic mass is 27.1. The van der Waals surface area contributed by atoms with Crippen molar-refractivity contribution in [2.75, 3.05) is 0 Å². The van der Waals surface area contributed by atoms with Gasteiger partial charge in [0, 0.05) is 6.26 Å². The van der Waals surface area contributed by atoms with Gasteiger partial charge in [0.25, 0.3) is 0 Å². The molecule has 0 atom stereocenters. The molecule has 0 heterocycles. The van der Waals surface area contributed by atoms with Crippen LogP contribution in [0.1, 0.15) is 65.2 Å². The van der Waals surface area contributed by atoms with Crippen molar-refractivity contribution in [2.24, 2.45) is 0 Å². The van der Waals surface area contributed by atoms with Gasteiger partial charge in [0.1, 0.15) is 0 Å². The third-order valence-corrected chi connectivity index (χ3v) is 3.33. The van der Waals surface area contributed by atoms with E-state index in [0.29, 0.717) is 0 Å². The SMILES string of the molecule is CCCCCCCCCC=C[O][AlH][CH2]C. The summed E-state index contributed by atoms with van der Waals surface area (Å²) in [5.74, 6) is 0. The lowest BCUT2D eigenvalue weighted by Gasteiger charge is -1.99. The highest BCUT2D eigenvalue weighted by Crippen LogP contribution is 2.08. The molecule has 0 aromatic heterocycles. The molecule has 0 fully saturated rings. The van der Waals surface area contributed by atoms with Gasteiger partial charge in [0.2, 0.25) is 0 Å². The molecule has 0 saturated heterocycles. The molecule has 0 saturated carbocycles. The van der Waals surface area contributed by atoms with Crippen molar-refractivity contribution >= 4 is 15.6 Å². The third-order valence-electron chi connectivity index (χ3n) is 2.49. The summed E-state index contributed by atoms with van der Waals surface area (Å²) in [6, 6.07) is 0. The maximum Gasteiger partial charge on any atom is 0.521 e. The molecule has 0 unspecified atom stereocenters. The average Bonchev–Trinajstić information content (AvgIpc) is 2.26. The summed E-state index contributed by atoms with van der Waals surface area (Å²) < 4.78 is 5.40. The average molecular weight is 226 g/mol. The largest absolute Gasteiger partial charge is 0.651 e. The van der Waals surface area contributed by atoms with Crippen molar-refractivity contribution in [3.63, 3.8) is 0 Å². The van der Waals surface area contributed by atoms with E-state index in [1.54, 1.807) is 0 Å². The molecule has 0 aromatic carbocycles. The number of allylic oxidation sites excluding steroid dienone is 1. The lowest BCUT2D eigenvalue weighted by atomic mass is 10.1. The molecule has 0 aliphatic heterocycles. The Morgan fingerprint density at radius 2 is 1.60 bits per heavy atom. The van der Waals surface area contributed by atoms with E-state index in [4.69, 9.17) is 3.79 Å². The fourth-order valence-electron chi connectivity index (χ4n) is 1.54. The Kier molecular flexibility index (Phi) is 14.1. The second-order valence-electron chi connectivity index (χ2n) is 4.15. The van der Waals surface area contributed by atoms with Crippen LogP contribution in [-0.4, -0.2) is 15.6 Å². The van der Waals surface area contributed by atoms with Gasteiger partial charge in [0.15, 0.2) is 0 Å². The van der Waals surface area contributed by atoms with Crippen LogP contribution in [0.5, 0.6) is 0 Å². The molecule has 0 amide bonds. The van der Waals surface area contributed by atoms with Gasteiger partial charge in [-0.3, -0.25) is 0 Å². The van der Waals surface area contributed by atoms with Crippen LogP contribution in [-0.2, 0) is 3.79 Å². The summed E-state index contributed by atoms with van der Waals surface area (Å²) in [6.07, 6.45) is 15.1. The lowest BCUT2D eigenvalue weighted by Crippen LogP contribution is -1.87. The smallest absolute Gasteiger partial charge is 0.521 e. The van der Waals surface area contributed by atoms with Gasteiger partial charge in [-0.25, -0.2) is 0 Å². The molecule has 0 radical (unpaired) electrons. The van der Waals surface area contributed by atoms with Crippen molar-refractivity contribution in [2.45, 2.75) is 70.5 Å². The summed E-state index contributed by atoms with van der Waals surface area (Å²) in [7, 11) is 0. The van der Waals surface area contributed by atoms with Crippen molar-refractivity contribution < 1.29 is 3.79 Å². The Morgan fingerprint density at radius 3 is 2.27 bits per heavy atom. The molecule has 0 N–H and O–H groups in total. The van der Waals surface area contributed by atoms with Gasteiger partial charge in [-0.2, -0.15) is 0 Å². The molecule has 0 spiro atoms. The van der Waals surface area contributed by atoms with E-state index in [2.05, 4.69) is 19.9 Å². The second-order valence-corrected chi connectivity index (χ2v) is 5.89. The second kappa shape index (κ2) is 14.1. The quantitative estimate of drug-likeness (QED) is 0.287. The number of rotatable bonds is 11. The first kappa shape index (κ1) is 15.1. The van der Waals surface area contributed by atoms with Crippen LogP contribution in [0.2, 0.25) is 5.28 Å². The Labute approximate surface area is 102 Å². The summed E-state index contributed by atoms with van der Waals surface area (Å²) in [4.78, 5) is 0. The third kappa shape index (κ3) is 14.1. The lowest BCUT2D eigenvalue weighted by molar-refractivity contribution is 0.509. The summed E-state index contributed by atoms with van der Waals surface area (Å²) in [6.45, 7) is 4.46. The van der Waals surface area contributed by atoms with Gasteiger partial charge in [0.05, 0.1) is 0 Å². The van der Waals surface area contributed by atoms with E-state index in [0.717, 1.165) is 0 Å². The summed E-state index contributed by atoms with van der Waals surface area (Å²) >= 11 is -0.219. The van der Waals surface area contributed by atoms with E-state index in [1.165, 1.54) is 56.6 Å². The summed E-state index contributed by atoms with van der Waals surface area (Å²) in [5.41, 5.74) is 0. The number of hydrogen-bond acceptors (Lipinski definition) is 1. The number of unbranched alkanes of at least 4 members (excludes halogenated alkanes) is 7. The van der Waals surface area contributed by atoms with Crippen LogP contribution in [0, 0.1) is 0 Å². The molecule has 1 nitrogen and oxygen atoms in total. The first-order valence-electron chi connectivity index (χ1n) is 6.68. The Balaban J connectivity index is 2.95.